The molecule has 0 saturated heterocycles. The summed E-state index contributed by atoms with van der Waals surface area (Å²) in [5.41, 5.74) is 8.51. The third-order valence-electron chi connectivity index (χ3n) is 3.13. The van der Waals surface area contributed by atoms with E-state index < -0.39 is 0 Å². The SMILES string of the molecule is NC(=S)CCn1c(-c2ccccn2)nc2ccccc21. The maximum atomic E-state index is 5.62. The number of para-hydroxylation sites is 2. The quantitative estimate of drug-likeness (QED) is 0.748. The zero-order valence-corrected chi connectivity index (χ0v) is 11.7. The molecule has 1 aromatic carbocycles. The highest BCUT2D eigenvalue weighted by Gasteiger charge is 2.12. The van der Waals surface area contributed by atoms with Gasteiger partial charge in [0.15, 0.2) is 5.82 Å². The van der Waals surface area contributed by atoms with Crippen molar-refractivity contribution in [2.75, 3.05) is 0 Å². The fourth-order valence-electron chi connectivity index (χ4n) is 2.21. The van der Waals surface area contributed by atoms with Gasteiger partial charge >= 0.3 is 0 Å². The van der Waals surface area contributed by atoms with Gasteiger partial charge < -0.3 is 10.3 Å². The summed E-state index contributed by atoms with van der Waals surface area (Å²) < 4.78 is 2.12. The van der Waals surface area contributed by atoms with Gasteiger partial charge in [0, 0.05) is 19.2 Å². The van der Waals surface area contributed by atoms with Crippen LogP contribution in [0.5, 0.6) is 0 Å². The van der Waals surface area contributed by atoms with Crippen LogP contribution in [-0.4, -0.2) is 19.5 Å². The Morgan fingerprint density at radius 1 is 1.15 bits per heavy atom. The highest BCUT2D eigenvalue weighted by atomic mass is 32.1. The first-order valence-electron chi connectivity index (χ1n) is 6.40. The van der Waals surface area contributed by atoms with Gasteiger partial charge in [-0.2, -0.15) is 0 Å². The van der Waals surface area contributed by atoms with Crippen LogP contribution in [0.2, 0.25) is 0 Å². The molecule has 20 heavy (non-hydrogen) atoms. The first kappa shape index (κ1) is 12.7. The maximum absolute atomic E-state index is 5.62. The number of benzene rings is 1. The number of pyridine rings is 1. The Morgan fingerprint density at radius 3 is 2.70 bits per heavy atom. The minimum absolute atomic E-state index is 0.509. The van der Waals surface area contributed by atoms with Crippen LogP contribution in [0.3, 0.4) is 0 Å². The largest absolute Gasteiger partial charge is 0.393 e. The monoisotopic (exact) mass is 282 g/mol. The summed E-state index contributed by atoms with van der Waals surface area (Å²) in [4.78, 5) is 9.57. The van der Waals surface area contributed by atoms with Crippen LogP contribution < -0.4 is 5.73 Å². The Kier molecular flexibility index (Phi) is 3.43. The molecule has 0 bridgehead atoms. The number of nitrogens with zero attached hydrogens (tertiary/aromatic N) is 3. The van der Waals surface area contributed by atoms with Crippen LogP contribution in [0.1, 0.15) is 6.42 Å². The lowest BCUT2D eigenvalue weighted by Gasteiger charge is -2.08. The average Bonchev–Trinajstić information content (AvgIpc) is 2.84. The number of thiocarbonyl (C=S) groups is 1. The second-order valence-electron chi connectivity index (χ2n) is 4.51. The van der Waals surface area contributed by atoms with Crippen molar-refractivity contribution in [1.82, 2.24) is 14.5 Å². The molecule has 0 aliphatic carbocycles. The first-order valence-corrected chi connectivity index (χ1v) is 6.81. The van der Waals surface area contributed by atoms with Gasteiger partial charge in [-0.1, -0.05) is 30.4 Å². The van der Waals surface area contributed by atoms with Gasteiger partial charge in [-0.05, 0) is 24.3 Å². The van der Waals surface area contributed by atoms with Crippen LogP contribution in [0.15, 0.2) is 48.7 Å². The highest BCUT2D eigenvalue weighted by Crippen LogP contribution is 2.23. The van der Waals surface area contributed by atoms with E-state index in [1.807, 2.05) is 42.5 Å². The van der Waals surface area contributed by atoms with E-state index in [-0.39, 0.29) is 0 Å². The summed E-state index contributed by atoms with van der Waals surface area (Å²) in [5, 5.41) is 0. The van der Waals surface area contributed by atoms with Gasteiger partial charge in [0.25, 0.3) is 0 Å². The molecular weight excluding hydrogens is 268 g/mol. The maximum Gasteiger partial charge on any atom is 0.159 e. The number of rotatable bonds is 4. The lowest BCUT2D eigenvalue weighted by Crippen LogP contribution is -2.12. The molecule has 2 N–H and O–H groups in total. The molecule has 100 valence electrons. The van der Waals surface area contributed by atoms with Crippen molar-refractivity contribution in [3.05, 3.63) is 48.7 Å². The van der Waals surface area contributed by atoms with Gasteiger partial charge in [0.1, 0.15) is 5.69 Å². The third kappa shape index (κ3) is 2.40. The lowest BCUT2D eigenvalue weighted by atomic mass is 10.3. The average molecular weight is 282 g/mol. The van der Waals surface area contributed by atoms with Gasteiger partial charge in [0.05, 0.1) is 16.0 Å². The van der Waals surface area contributed by atoms with E-state index >= 15 is 0 Å². The summed E-state index contributed by atoms with van der Waals surface area (Å²) >= 11 is 4.98. The van der Waals surface area contributed by atoms with Crippen molar-refractivity contribution in [2.45, 2.75) is 13.0 Å². The molecular formula is C15H14N4S. The number of hydrogen-bond donors (Lipinski definition) is 1. The zero-order chi connectivity index (χ0) is 13.9. The zero-order valence-electron chi connectivity index (χ0n) is 10.9. The normalized spacial score (nSPS) is 10.8. The summed E-state index contributed by atoms with van der Waals surface area (Å²) in [7, 11) is 0. The molecule has 5 heteroatoms. The van der Waals surface area contributed by atoms with Crippen LogP contribution in [0.4, 0.5) is 0 Å². The first-order chi connectivity index (χ1) is 9.75. The van der Waals surface area contributed by atoms with E-state index in [1.54, 1.807) is 6.20 Å². The Morgan fingerprint density at radius 2 is 1.95 bits per heavy atom. The van der Waals surface area contributed by atoms with Gasteiger partial charge in [0.2, 0.25) is 0 Å². The third-order valence-corrected chi connectivity index (χ3v) is 3.33. The Balaban J connectivity index is 2.15. The number of aromatic nitrogens is 3. The fourth-order valence-corrected chi connectivity index (χ4v) is 2.31. The summed E-state index contributed by atoms with van der Waals surface area (Å²) in [6.45, 7) is 0.710. The number of fused-ring (bicyclic) bond motifs is 1. The number of aryl methyl sites for hydroxylation is 1. The van der Waals surface area contributed by atoms with Crippen molar-refractivity contribution < 1.29 is 0 Å². The Hall–Kier alpha value is -2.27. The molecule has 0 atom stereocenters. The highest BCUT2D eigenvalue weighted by molar-refractivity contribution is 7.80. The van der Waals surface area contributed by atoms with Crippen molar-refractivity contribution in [3.63, 3.8) is 0 Å². The van der Waals surface area contributed by atoms with Crippen LogP contribution in [-0.2, 0) is 6.54 Å². The molecule has 0 spiro atoms. The molecule has 0 radical (unpaired) electrons. The fraction of sp³-hybridized carbons (Fsp3) is 0.133. The second kappa shape index (κ2) is 5.38. The second-order valence-corrected chi connectivity index (χ2v) is 5.03. The molecule has 0 aliphatic heterocycles. The minimum Gasteiger partial charge on any atom is -0.393 e. The molecule has 4 nitrogen and oxygen atoms in total. The standard InChI is InChI=1S/C15H14N4S/c16-14(20)8-10-19-13-7-2-1-5-11(13)18-15(19)12-6-3-4-9-17-12/h1-7,9H,8,10H2,(H2,16,20). The molecule has 0 unspecified atom stereocenters. The Bertz CT molecular complexity index is 749. The summed E-state index contributed by atoms with van der Waals surface area (Å²) in [5.74, 6) is 0.850. The summed E-state index contributed by atoms with van der Waals surface area (Å²) in [6.07, 6.45) is 2.42. The van der Waals surface area contributed by atoms with E-state index in [0.29, 0.717) is 18.0 Å². The molecule has 0 aliphatic rings. The molecule has 2 heterocycles. The number of nitrogens with two attached hydrogens (primary N) is 1. The van der Waals surface area contributed by atoms with E-state index in [2.05, 4.69) is 14.5 Å². The van der Waals surface area contributed by atoms with Crippen LogP contribution >= 0.6 is 12.2 Å². The van der Waals surface area contributed by atoms with Crippen molar-refractivity contribution in [1.29, 1.82) is 0 Å². The number of hydrogen-bond acceptors (Lipinski definition) is 3. The predicted molar refractivity (Wildman–Crippen MR) is 84.4 cm³/mol. The van der Waals surface area contributed by atoms with Crippen LogP contribution in [0.25, 0.3) is 22.6 Å². The molecule has 2 aromatic heterocycles. The van der Waals surface area contributed by atoms with E-state index in [4.69, 9.17) is 18.0 Å². The molecule has 3 aromatic rings. The molecule has 0 saturated carbocycles. The van der Waals surface area contributed by atoms with E-state index in [0.717, 1.165) is 22.6 Å². The smallest absolute Gasteiger partial charge is 0.159 e. The lowest BCUT2D eigenvalue weighted by molar-refractivity contribution is 0.754. The summed E-state index contributed by atoms with van der Waals surface area (Å²) in [6, 6.07) is 13.8. The number of imidazole rings is 1. The van der Waals surface area contributed by atoms with Gasteiger partial charge in [-0.25, -0.2) is 4.98 Å². The van der Waals surface area contributed by atoms with E-state index in [1.165, 1.54) is 0 Å². The van der Waals surface area contributed by atoms with Gasteiger partial charge in [-0.3, -0.25) is 4.98 Å². The van der Waals surface area contributed by atoms with Crippen molar-refractivity contribution >= 4 is 28.2 Å². The minimum atomic E-state index is 0.509. The molecule has 0 fully saturated rings. The predicted octanol–water partition coefficient (Wildman–Crippen LogP) is 2.77. The van der Waals surface area contributed by atoms with Crippen molar-refractivity contribution in [3.8, 4) is 11.5 Å². The Labute approximate surface area is 122 Å². The van der Waals surface area contributed by atoms with E-state index in [9.17, 15) is 0 Å². The topological polar surface area (TPSA) is 56.7 Å². The molecule has 0 amide bonds. The molecule has 3 rings (SSSR count). The van der Waals surface area contributed by atoms with Gasteiger partial charge in [-0.15, -0.1) is 0 Å². The van der Waals surface area contributed by atoms with Crippen molar-refractivity contribution in [2.24, 2.45) is 5.73 Å². The van der Waals surface area contributed by atoms with Crippen LogP contribution in [0, 0.1) is 0 Å².